The summed E-state index contributed by atoms with van der Waals surface area (Å²) in [5, 5.41) is 2.24. The van der Waals surface area contributed by atoms with Gasteiger partial charge in [-0.15, -0.1) is 48.1 Å². The molecule has 0 radical (unpaired) electrons. The Labute approximate surface area is 350 Å². The van der Waals surface area contributed by atoms with E-state index in [1.54, 1.807) is 0 Å². The second-order valence-corrected chi connectivity index (χ2v) is 16.4. The number of hydrogen-bond acceptors (Lipinski definition) is 4. The Kier molecular flexibility index (Phi) is 9.86. The SMILES string of the molecule is Cc1cc2c(cc1C)N(c1ccc(C(C)(C)c3ccccc3)cc1)[CH-]N2c1[c-]c(Oc2[c-]c3c(cc2)c2ccccc2n3-c2cc(C(C)(C)C)ccn2)ccc1.[Pt]. The van der Waals surface area contributed by atoms with E-state index in [9.17, 15) is 0 Å². The molecular weight excluding hydrogens is 880 g/mol. The van der Waals surface area contributed by atoms with Crippen molar-refractivity contribution in [1.29, 1.82) is 0 Å². The minimum Gasteiger partial charge on any atom is -0.509 e. The number of hydrogen-bond donors (Lipinski definition) is 0. The summed E-state index contributed by atoms with van der Waals surface area (Å²) in [6, 6.07) is 54.3. The molecule has 0 saturated heterocycles. The third-order valence-corrected chi connectivity index (χ3v) is 11.3. The summed E-state index contributed by atoms with van der Waals surface area (Å²) in [7, 11) is 0. The minimum absolute atomic E-state index is 0. The molecule has 8 aromatic rings. The van der Waals surface area contributed by atoms with Gasteiger partial charge in [-0.1, -0.05) is 101 Å². The molecule has 1 aliphatic heterocycles. The maximum Gasteiger partial charge on any atom is 0.135 e. The van der Waals surface area contributed by atoms with Crippen LogP contribution in [0, 0.1) is 32.6 Å². The van der Waals surface area contributed by atoms with Crippen LogP contribution in [0.3, 0.4) is 0 Å². The molecular formula is C51H45N4OPt-3. The zero-order valence-electron chi connectivity index (χ0n) is 33.4. The van der Waals surface area contributed by atoms with E-state index >= 15 is 0 Å². The van der Waals surface area contributed by atoms with Crippen LogP contribution in [0.2, 0.25) is 0 Å². The molecule has 5 nitrogen and oxygen atoms in total. The number of aromatic nitrogens is 2. The average molecular weight is 925 g/mol. The fraction of sp³-hybridized carbons (Fsp3) is 0.176. The average Bonchev–Trinajstić information content (AvgIpc) is 3.73. The fourth-order valence-corrected chi connectivity index (χ4v) is 7.80. The molecule has 6 aromatic carbocycles. The molecule has 288 valence electrons. The molecule has 57 heavy (non-hydrogen) atoms. The van der Waals surface area contributed by atoms with E-state index in [2.05, 4.69) is 197 Å². The van der Waals surface area contributed by atoms with Crippen LogP contribution in [0.5, 0.6) is 11.5 Å². The molecule has 0 aliphatic carbocycles. The molecule has 0 unspecified atom stereocenters. The van der Waals surface area contributed by atoms with Crippen molar-refractivity contribution < 1.29 is 25.8 Å². The Morgan fingerprint density at radius 2 is 1.26 bits per heavy atom. The Morgan fingerprint density at radius 1 is 0.596 bits per heavy atom. The zero-order chi connectivity index (χ0) is 38.8. The largest absolute Gasteiger partial charge is 0.509 e. The molecule has 2 aromatic heterocycles. The van der Waals surface area contributed by atoms with Crippen LogP contribution in [0.25, 0.3) is 27.6 Å². The van der Waals surface area contributed by atoms with Crippen molar-refractivity contribution in [2.75, 3.05) is 9.80 Å². The number of nitrogens with zero attached hydrogens (tertiary/aromatic N) is 4. The van der Waals surface area contributed by atoms with Gasteiger partial charge in [-0.2, -0.15) is 12.1 Å². The van der Waals surface area contributed by atoms with Crippen LogP contribution in [0.1, 0.15) is 62.4 Å². The van der Waals surface area contributed by atoms with E-state index in [0.29, 0.717) is 11.5 Å². The quantitative estimate of drug-likeness (QED) is 0.149. The predicted molar refractivity (Wildman–Crippen MR) is 231 cm³/mol. The number of benzene rings is 6. The topological polar surface area (TPSA) is 33.5 Å². The molecule has 0 saturated carbocycles. The van der Waals surface area contributed by atoms with Gasteiger partial charge in [0, 0.05) is 66.8 Å². The van der Waals surface area contributed by atoms with Gasteiger partial charge >= 0.3 is 0 Å². The first-order valence-electron chi connectivity index (χ1n) is 19.3. The fourth-order valence-electron chi connectivity index (χ4n) is 7.80. The Hall–Kier alpha value is -5.64. The molecule has 0 spiro atoms. The first-order valence-corrected chi connectivity index (χ1v) is 19.3. The van der Waals surface area contributed by atoms with Crippen molar-refractivity contribution in [3.8, 4) is 17.3 Å². The Balaban J connectivity index is 0.00000455. The third-order valence-electron chi connectivity index (χ3n) is 11.3. The first-order chi connectivity index (χ1) is 27.0. The van der Waals surface area contributed by atoms with Gasteiger partial charge in [0.2, 0.25) is 0 Å². The first kappa shape index (κ1) is 38.2. The number of aryl methyl sites for hydroxylation is 2. The van der Waals surface area contributed by atoms with E-state index in [1.807, 2.05) is 24.4 Å². The Bertz CT molecular complexity index is 2740. The van der Waals surface area contributed by atoms with Crippen molar-refractivity contribution in [2.45, 2.75) is 59.3 Å². The van der Waals surface area contributed by atoms with Crippen molar-refractivity contribution >= 4 is 44.6 Å². The standard InChI is InChI=1S/C51H45N4O.Pt/c1-34-28-47-48(29-35(34)2)54(33-53(47)39-22-20-37(21-23-39)51(6,7)36-14-9-8-10-15-36)40-16-13-17-41(31-40)56-42-24-25-44-43-18-11-12-19-45(43)55(46(44)32-42)49-30-38(26-27-52-49)50(3,4)5;/h8-30,33H,1-7H3;/q-3;. The van der Waals surface area contributed by atoms with Gasteiger partial charge in [-0.25, -0.2) is 4.98 Å². The zero-order valence-corrected chi connectivity index (χ0v) is 35.6. The Morgan fingerprint density at radius 3 is 2.00 bits per heavy atom. The van der Waals surface area contributed by atoms with Gasteiger partial charge < -0.3 is 19.1 Å². The van der Waals surface area contributed by atoms with Crippen LogP contribution in [0.15, 0.2) is 140 Å². The van der Waals surface area contributed by atoms with Crippen molar-refractivity contribution in [1.82, 2.24) is 9.55 Å². The number of anilines is 4. The maximum absolute atomic E-state index is 6.58. The third kappa shape index (κ3) is 6.93. The summed E-state index contributed by atoms with van der Waals surface area (Å²) < 4.78 is 8.77. The van der Waals surface area contributed by atoms with Gasteiger partial charge in [-0.3, -0.25) is 0 Å². The number of para-hydroxylation sites is 1. The van der Waals surface area contributed by atoms with E-state index < -0.39 is 0 Å². The number of pyridine rings is 1. The number of rotatable bonds is 7. The molecule has 0 fully saturated rings. The summed E-state index contributed by atoms with van der Waals surface area (Å²) in [6.07, 6.45) is 1.90. The van der Waals surface area contributed by atoms with Gasteiger partial charge in [0.1, 0.15) is 5.82 Å². The monoisotopic (exact) mass is 924 g/mol. The van der Waals surface area contributed by atoms with Crippen LogP contribution < -0.4 is 14.5 Å². The maximum atomic E-state index is 6.58. The molecule has 0 atom stereocenters. The van der Waals surface area contributed by atoms with Crippen molar-refractivity contribution in [2.24, 2.45) is 0 Å². The van der Waals surface area contributed by atoms with Crippen LogP contribution >= 0.6 is 0 Å². The van der Waals surface area contributed by atoms with Gasteiger partial charge in [-0.05, 0) is 94.9 Å². The second-order valence-electron chi connectivity index (χ2n) is 16.4. The molecule has 1 aliphatic rings. The molecule has 0 amide bonds. The van der Waals surface area contributed by atoms with E-state index in [-0.39, 0.29) is 31.9 Å². The summed E-state index contributed by atoms with van der Waals surface area (Å²) in [5.74, 6) is 2.08. The van der Waals surface area contributed by atoms with Crippen LogP contribution in [-0.4, -0.2) is 9.55 Å². The summed E-state index contributed by atoms with van der Waals surface area (Å²) in [5.41, 5.74) is 12.3. The molecule has 9 rings (SSSR count). The van der Waals surface area contributed by atoms with Gasteiger partial charge in [0.15, 0.2) is 0 Å². The molecule has 3 heterocycles. The number of ether oxygens (including phenoxy) is 1. The van der Waals surface area contributed by atoms with E-state index in [1.165, 1.54) is 27.8 Å². The van der Waals surface area contributed by atoms with E-state index in [0.717, 1.165) is 50.4 Å². The van der Waals surface area contributed by atoms with E-state index in [4.69, 9.17) is 9.72 Å². The van der Waals surface area contributed by atoms with Gasteiger partial charge in [0.05, 0.1) is 0 Å². The predicted octanol–water partition coefficient (Wildman–Crippen LogP) is 13.2. The van der Waals surface area contributed by atoms with Crippen LogP contribution in [0.4, 0.5) is 22.7 Å². The minimum atomic E-state index is -0.117. The number of fused-ring (bicyclic) bond motifs is 4. The molecule has 0 N–H and O–H groups in total. The normalized spacial score (nSPS) is 12.9. The van der Waals surface area contributed by atoms with Gasteiger partial charge in [0.25, 0.3) is 0 Å². The summed E-state index contributed by atoms with van der Waals surface area (Å²) in [6.45, 7) is 17.7. The summed E-state index contributed by atoms with van der Waals surface area (Å²) in [4.78, 5) is 9.31. The van der Waals surface area contributed by atoms with Crippen molar-refractivity contribution in [3.05, 3.63) is 186 Å². The smallest absolute Gasteiger partial charge is 0.135 e. The molecule has 0 bridgehead atoms. The molecule has 6 heteroatoms. The second kappa shape index (κ2) is 14.7. The summed E-state index contributed by atoms with van der Waals surface area (Å²) >= 11 is 0. The van der Waals surface area contributed by atoms with Crippen LogP contribution in [-0.2, 0) is 31.9 Å². The van der Waals surface area contributed by atoms with Crippen molar-refractivity contribution in [3.63, 3.8) is 0 Å².